The number of piperazine rings is 1. The molecule has 1 aliphatic heterocycles. The first-order valence-corrected chi connectivity index (χ1v) is 10.7. The first-order chi connectivity index (χ1) is 13.9. The van der Waals surface area contributed by atoms with Gasteiger partial charge in [-0.15, -0.1) is 11.3 Å². The number of amides is 1. The van der Waals surface area contributed by atoms with Crippen LogP contribution in [0.5, 0.6) is 0 Å². The van der Waals surface area contributed by atoms with Crippen molar-refractivity contribution < 1.29 is 14.3 Å². The van der Waals surface area contributed by atoms with Crippen molar-refractivity contribution in [3.8, 4) is 0 Å². The average Bonchev–Trinajstić information content (AvgIpc) is 2.97. The molecule has 0 spiro atoms. The third-order valence-electron chi connectivity index (χ3n) is 5.21. The van der Waals surface area contributed by atoms with Gasteiger partial charge < -0.3 is 10.1 Å². The number of ether oxygens (including phenoxy) is 1. The topological polar surface area (TPSA) is 61.9 Å². The van der Waals surface area contributed by atoms with Crippen molar-refractivity contribution in [1.82, 2.24) is 9.80 Å². The Morgan fingerprint density at radius 2 is 1.79 bits per heavy atom. The normalized spacial score (nSPS) is 15.3. The summed E-state index contributed by atoms with van der Waals surface area (Å²) in [5, 5.41) is 4.25. The van der Waals surface area contributed by atoms with E-state index in [0.29, 0.717) is 17.1 Å². The molecule has 6 nitrogen and oxygen atoms in total. The van der Waals surface area contributed by atoms with Crippen LogP contribution in [-0.2, 0) is 16.1 Å². The van der Waals surface area contributed by atoms with E-state index in [4.69, 9.17) is 16.3 Å². The Labute approximate surface area is 180 Å². The third kappa shape index (κ3) is 5.36. The lowest BCUT2D eigenvalue weighted by Gasteiger charge is -2.34. The van der Waals surface area contributed by atoms with Gasteiger partial charge in [0.15, 0.2) is 0 Å². The second-order valence-electron chi connectivity index (χ2n) is 7.17. The van der Waals surface area contributed by atoms with Gasteiger partial charge in [0.25, 0.3) is 0 Å². The zero-order valence-corrected chi connectivity index (χ0v) is 18.5. The van der Waals surface area contributed by atoms with Gasteiger partial charge in [0.2, 0.25) is 5.91 Å². The van der Waals surface area contributed by atoms with Crippen LogP contribution in [0.2, 0.25) is 5.02 Å². The summed E-state index contributed by atoms with van der Waals surface area (Å²) in [6.45, 7) is 8.29. The first kappa shape index (κ1) is 21.8. The molecular formula is C21H26ClN3O3S. The highest BCUT2D eigenvalue weighted by atomic mass is 35.5. The van der Waals surface area contributed by atoms with Crippen molar-refractivity contribution in [2.24, 2.45) is 0 Å². The minimum absolute atomic E-state index is 0.115. The number of halogens is 1. The van der Waals surface area contributed by atoms with E-state index in [1.165, 1.54) is 18.4 Å². The van der Waals surface area contributed by atoms with Crippen molar-refractivity contribution in [2.75, 3.05) is 45.2 Å². The molecule has 0 atom stereocenters. The summed E-state index contributed by atoms with van der Waals surface area (Å²) < 4.78 is 4.86. The number of nitrogens with zero attached hydrogens (tertiary/aromatic N) is 2. The molecule has 0 bridgehead atoms. The molecule has 0 unspecified atom stereocenters. The van der Waals surface area contributed by atoms with Crippen LogP contribution in [0.4, 0.5) is 5.00 Å². The molecule has 1 saturated heterocycles. The number of benzene rings is 1. The second kappa shape index (κ2) is 9.71. The van der Waals surface area contributed by atoms with Gasteiger partial charge in [0.1, 0.15) is 5.00 Å². The molecule has 3 rings (SSSR count). The molecule has 2 aromatic rings. The lowest BCUT2D eigenvalue weighted by molar-refractivity contribution is -0.117. The van der Waals surface area contributed by atoms with Crippen LogP contribution in [-0.4, -0.2) is 61.5 Å². The maximum Gasteiger partial charge on any atom is 0.341 e. The van der Waals surface area contributed by atoms with E-state index in [-0.39, 0.29) is 5.91 Å². The molecular weight excluding hydrogens is 410 g/mol. The van der Waals surface area contributed by atoms with Crippen LogP contribution in [0.15, 0.2) is 24.3 Å². The molecule has 0 saturated carbocycles. The largest absolute Gasteiger partial charge is 0.465 e. The molecule has 1 fully saturated rings. The van der Waals surface area contributed by atoms with E-state index < -0.39 is 5.97 Å². The molecule has 2 heterocycles. The molecule has 29 heavy (non-hydrogen) atoms. The fourth-order valence-electron chi connectivity index (χ4n) is 3.41. The lowest BCUT2D eigenvalue weighted by atomic mass is 10.1. The minimum Gasteiger partial charge on any atom is -0.465 e. The van der Waals surface area contributed by atoms with Crippen LogP contribution in [0, 0.1) is 13.8 Å². The molecule has 1 aromatic carbocycles. The minimum atomic E-state index is -0.421. The number of carbonyl (C=O) groups excluding carboxylic acids is 2. The smallest absolute Gasteiger partial charge is 0.341 e. The Hall–Kier alpha value is -1.93. The van der Waals surface area contributed by atoms with Gasteiger partial charge in [-0.1, -0.05) is 29.8 Å². The fraction of sp³-hybridized carbons (Fsp3) is 0.429. The zero-order valence-electron chi connectivity index (χ0n) is 17.0. The summed E-state index contributed by atoms with van der Waals surface area (Å²) in [5.74, 6) is -0.536. The highest BCUT2D eigenvalue weighted by Gasteiger charge is 2.23. The van der Waals surface area contributed by atoms with Gasteiger partial charge in [-0.25, -0.2) is 4.79 Å². The van der Waals surface area contributed by atoms with Crippen molar-refractivity contribution in [1.29, 1.82) is 0 Å². The number of thiophene rings is 1. The summed E-state index contributed by atoms with van der Waals surface area (Å²) in [6, 6.07) is 7.89. The van der Waals surface area contributed by atoms with Gasteiger partial charge in [0, 0.05) is 42.6 Å². The van der Waals surface area contributed by atoms with Gasteiger partial charge in [-0.2, -0.15) is 0 Å². The van der Waals surface area contributed by atoms with E-state index in [9.17, 15) is 9.59 Å². The van der Waals surface area contributed by atoms with Crippen LogP contribution in [0.25, 0.3) is 0 Å². The van der Waals surface area contributed by atoms with Crippen molar-refractivity contribution in [3.63, 3.8) is 0 Å². The van der Waals surface area contributed by atoms with Crippen LogP contribution < -0.4 is 5.32 Å². The Balaban J connectivity index is 1.52. The Morgan fingerprint density at radius 1 is 1.14 bits per heavy atom. The van der Waals surface area contributed by atoms with Crippen molar-refractivity contribution in [3.05, 3.63) is 50.9 Å². The Kier molecular flexibility index (Phi) is 7.29. The van der Waals surface area contributed by atoms with Crippen LogP contribution >= 0.6 is 22.9 Å². The number of carbonyl (C=O) groups is 2. The van der Waals surface area contributed by atoms with Crippen molar-refractivity contribution >= 4 is 39.8 Å². The number of esters is 1. The summed E-state index contributed by atoms with van der Waals surface area (Å²) in [6.07, 6.45) is 0. The molecule has 1 aliphatic rings. The average molecular weight is 436 g/mol. The second-order valence-corrected chi connectivity index (χ2v) is 8.80. The SMILES string of the molecule is COC(=O)c1c(NC(=O)CN2CCN(Cc3ccccc3Cl)CC2)sc(C)c1C. The fourth-order valence-corrected chi connectivity index (χ4v) is 4.67. The van der Waals surface area contributed by atoms with E-state index in [2.05, 4.69) is 15.1 Å². The Morgan fingerprint density at radius 3 is 2.45 bits per heavy atom. The molecule has 0 radical (unpaired) electrons. The number of rotatable bonds is 6. The Bertz CT molecular complexity index is 891. The molecule has 0 aliphatic carbocycles. The lowest BCUT2D eigenvalue weighted by Crippen LogP contribution is -2.48. The van der Waals surface area contributed by atoms with E-state index in [1.54, 1.807) is 0 Å². The van der Waals surface area contributed by atoms with Gasteiger partial charge in [-0.3, -0.25) is 14.6 Å². The highest BCUT2D eigenvalue weighted by Crippen LogP contribution is 2.32. The first-order valence-electron chi connectivity index (χ1n) is 9.55. The molecule has 1 aromatic heterocycles. The monoisotopic (exact) mass is 435 g/mol. The standard InChI is InChI=1S/C21H26ClN3O3S/c1-14-15(2)29-20(19(14)21(27)28-3)23-18(26)13-25-10-8-24(9-11-25)12-16-6-4-5-7-17(16)22/h4-7H,8-13H2,1-3H3,(H,23,26). The summed E-state index contributed by atoms with van der Waals surface area (Å²) in [7, 11) is 1.35. The predicted octanol–water partition coefficient (Wildman–Crippen LogP) is 3.56. The molecule has 1 amide bonds. The maximum atomic E-state index is 12.6. The number of methoxy groups -OCH3 is 1. The number of hydrogen-bond acceptors (Lipinski definition) is 6. The van der Waals surface area contributed by atoms with Gasteiger partial charge in [0.05, 0.1) is 19.2 Å². The van der Waals surface area contributed by atoms with Crippen molar-refractivity contribution in [2.45, 2.75) is 20.4 Å². The maximum absolute atomic E-state index is 12.6. The zero-order chi connectivity index (χ0) is 21.0. The van der Waals surface area contributed by atoms with Crippen LogP contribution in [0.3, 0.4) is 0 Å². The number of anilines is 1. The number of aryl methyl sites for hydroxylation is 1. The summed E-state index contributed by atoms with van der Waals surface area (Å²) >= 11 is 7.66. The molecule has 156 valence electrons. The van der Waals surface area contributed by atoms with E-state index >= 15 is 0 Å². The summed E-state index contributed by atoms with van der Waals surface area (Å²) in [5.41, 5.74) is 2.43. The molecule has 1 N–H and O–H groups in total. The van der Waals surface area contributed by atoms with Crippen LogP contribution in [0.1, 0.15) is 26.4 Å². The third-order valence-corrected chi connectivity index (χ3v) is 6.70. The predicted molar refractivity (Wildman–Crippen MR) is 117 cm³/mol. The van der Waals surface area contributed by atoms with E-state index in [1.807, 2.05) is 38.1 Å². The van der Waals surface area contributed by atoms with Gasteiger partial charge in [-0.05, 0) is 31.0 Å². The number of nitrogens with one attached hydrogen (secondary N) is 1. The quantitative estimate of drug-likeness (QED) is 0.703. The molecule has 8 heteroatoms. The number of hydrogen-bond donors (Lipinski definition) is 1. The van der Waals surface area contributed by atoms with Gasteiger partial charge >= 0.3 is 5.97 Å². The summed E-state index contributed by atoms with van der Waals surface area (Å²) in [4.78, 5) is 30.1. The highest BCUT2D eigenvalue weighted by molar-refractivity contribution is 7.16. The van der Waals surface area contributed by atoms with E-state index in [0.717, 1.165) is 53.8 Å².